The number of nitrogens with zero attached hydrogens (tertiary/aromatic N) is 1. The van der Waals surface area contributed by atoms with E-state index in [1.807, 2.05) is 37.3 Å². The van der Waals surface area contributed by atoms with Gasteiger partial charge in [0.15, 0.2) is 6.61 Å². The first-order valence-corrected chi connectivity index (χ1v) is 10.7. The number of ether oxygens (including phenoxy) is 2. The van der Waals surface area contributed by atoms with Crippen molar-refractivity contribution in [1.29, 1.82) is 0 Å². The van der Waals surface area contributed by atoms with E-state index in [-0.39, 0.29) is 23.2 Å². The molecular formula is C26H22N2O6. The van der Waals surface area contributed by atoms with Crippen LogP contribution in [0.1, 0.15) is 43.6 Å². The highest BCUT2D eigenvalue weighted by atomic mass is 16.5. The largest absolute Gasteiger partial charge is 0.492 e. The van der Waals surface area contributed by atoms with Crippen LogP contribution in [-0.2, 0) is 16.1 Å². The van der Waals surface area contributed by atoms with Crippen LogP contribution in [-0.4, -0.2) is 41.8 Å². The van der Waals surface area contributed by atoms with E-state index >= 15 is 0 Å². The van der Waals surface area contributed by atoms with Gasteiger partial charge in [0.2, 0.25) is 0 Å². The number of anilines is 1. The van der Waals surface area contributed by atoms with Gasteiger partial charge in [0.05, 0.1) is 35.5 Å². The molecule has 0 saturated heterocycles. The minimum absolute atomic E-state index is 0.0731. The number of rotatable bonds is 8. The van der Waals surface area contributed by atoms with Crippen LogP contribution in [0.2, 0.25) is 0 Å². The first-order valence-electron chi connectivity index (χ1n) is 10.7. The maximum Gasteiger partial charge on any atom is 0.338 e. The minimum atomic E-state index is -0.780. The minimum Gasteiger partial charge on any atom is -0.492 e. The van der Waals surface area contributed by atoms with E-state index in [2.05, 4.69) is 5.32 Å². The van der Waals surface area contributed by atoms with Crippen molar-refractivity contribution < 1.29 is 28.7 Å². The van der Waals surface area contributed by atoms with Gasteiger partial charge in [-0.3, -0.25) is 19.3 Å². The molecule has 0 atom stereocenters. The Balaban J connectivity index is 1.40. The summed E-state index contributed by atoms with van der Waals surface area (Å²) in [5, 5.41) is 2.64. The first-order chi connectivity index (χ1) is 16.5. The van der Waals surface area contributed by atoms with Gasteiger partial charge in [-0.2, -0.15) is 0 Å². The molecule has 3 aromatic carbocycles. The molecule has 34 heavy (non-hydrogen) atoms. The van der Waals surface area contributed by atoms with Gasteiger partial charge in [-0.25, -0.2) is 4.79 Å². The summed E-state index contributed by atoms with van der Waals surface area (Å²) in [6.07, 6.45) is 0. The molecule has 0 unspecified atom stereocenters. The lowest BCUT2D eigenvalue weighted by Gasteiger charge is -2.13. The van der Waals surface area contributed by atoms with Gasteiger partial charge in [-0.05, 0) is 42.8 Å². The molecule has 0 bridgehead atoms. The molecule has 0 fully saturated rings. The van der Waals surface area contributed by atoms with E-state index in [1.165, 1.54) is 18.2 Å². The predicted molar refractivity (Wildman–Crippen MR) is 124 cm³/mol. The van der Waals surface area contributed by atoms with Crippen molar-refractivity contribution >= 4 is 29.4 Å². The maximum atomic E-state index is 12.8. The second-order valence-corrected chi connectivity index (χ2v) is 7.50. The highest BCUT2D eigenvalue weighted by Gasteiger charge is 2.36. The number of benzene rings is 3. The second kappa shape index (κ2) is 9.99. The molecule has 0 spiro atoms. The predicted octanol–water partition coefficient (Wildman–Crippen LogP) is 3.68. The summed E-state index contributed by atoms with van der Waals surface area (Å²) < 4.78 is 10.6. The number of esters is 1. The maximum absolute atomic E-state index is 12.8. The molecule has 3 amide bonds. The lowest BCUT2D eigenvalue weighted by molar-refractivity contribution is -0.119. The lowest BCUT2D eigenvalue weighted by atomic mass is 10.1. The molecule has 0 saturated carbocycles. The second-order valence-electron chi connectivity index (χ2n) is 7.50. The Morgan fingerprint density at radius 2 is 1.59 bits per heavy atom. The number of hydrogen-bond acceptors (Lipinski definition) is 6. The third kappa shape index (κ3) is 4.80. The smallest absolute Gasteiger partial charge is 0.338 e. The number of carbonyl (C=O) groups excluding carboxylic acids is 4. The molecule has 8 heteroatoms. The average Bonchev–Trinajstić information content (AvgIpc) is 3.09. The standard InChI is InChI=1S/C26H22N2O6/c1-2-33-22-11-7-6-10-21(22)27-23(29)16-34-26(32)18-12-13-19-20(14-18)25(31)28(24(19)30)15-17-8-4-3-5-9-17/h3-14H,2,15-16H2,1H3,(H,27,29). The first kappa shape index (κ1) is 22.7. The monoisotopic (exact) mass is 458 g/mol. The molecule has 4 rings (SSSR count). The number of nitrogens with one attached hydrogen (secondary N) is 1. The number of para-hydroxylation sites is 2. The highest BCUT2D eigenvalue weighted by molar-refractivity contribution is 6.21. The van der Waals surface area contributed by atoms with Gasteiger partial charge in [0.25, 0.3) is 17.7 Å². The van der Waals surface area contributed by atoms with Crippen LogP contribution in [0, 0.1) is 0 Å². The van der Waals surface area contributed by atoms with Gasteiger partial charge in [0, 0.05) is 0 Å². The van der Waals surface area contributed by atoms with Crippen LogP contribution in [0.4, 0.5) is 5.69 Å². The SMILES string of the molecule is CCOc1ccccc1NC(=O)COC(=O)c1ccc2c(c1)C(=O)N(Cc1ccccc1)C2=O. The Morgan fingerprint density at radius 3 is 2.35 bits per heavy atom. The van der Waals surface area contributed by atoms with Gasteiger partial charge >= 0.3 is 5.97 Å². The van der Waals surface area contributed by atoms with Gasteiger partial charge in [-0.15, -0.1) is 0 Å². The zero-order chi connectivity index (χ0) is 24.1. The van der Waals surface area contributed by atoms with Crippen LogP contribution in [0.15, 0.2) is 72.8 Å². The van der Waals surface area contributed by atoms with Crippen LogP contribution in [0.5, 0.6) is 5.75 Å². The molecule has 1 heterocycles. The fourth-order valence-electron chi connectivity index (χ4n) is 3.58. The molecule has 1 N–H and O–H groups in total. The molecule has 0 aliphatic carbocycles. The Kier molecular flexibility index (Phi) is 6.68. The number of amides is 3. The van der Waals surface area contributed by atoms with Crippen molar-refractivity contribution in [2.24, 2.45) is 0 Å². The van der Waals surface area contributed by atoms with Crippen molar-refractivity contribution in [3.8, 4) is 5.75 Å². The zero-order valence-electron chi connectivity index (χ0n) is 18.4. The van der Waals surface area contributed by atoms with Gasteiger partial charge in [0.1, 0.15) is 5.75 Å². The number of imide groups is 1. The van der Waals surface area contributed by atoms with E-state index in [1.54, 1.807) is 24.3 Å². The average molecular weight is 458 g/mol. The molecule has 0 radical (unpaired) electrons. The quantitative estimate of drug-likeness (QED) is 0.408. The summed E-state index contributed by atoms with van der Waals surface area (Å²) in [7, 11) is 0. The normalized spacial score (nSPS) is 12.3. The summed E-state index contributed by atoms with van der Waals surface area (Å²) in [5.74, 6) is -1.72. The third-order valence-electron chi connectivity index (χ3n) is 5.19. The summed E-state index contributed by atoms with van der Waals surface area (Å²) in [6.45, 7) is 1.88. The zero-order valence-corrected chi connectivity index (χ0v) is 18.4. The Bertz CT molecular complexity index is 1260. The summed E-state index contributed by atoms with van der Waals surface area (Å²) in [4.78, 5) is 51.4. The van der Waals surface area contributed by atoms with Crippen molar-refractivity contribution in [3.05, 3.63) is 95.1 Å². The molecule has 172 valence electrons. The summed E-state index contributed by atoms with van der Waals surface area (Å²) >= 11 is 0. The molecule has 0 aromatic heterocycles. The topological polar surface area (TPSA) is 102 Å². The fourth-order valence-corrected chi connectivity index (χ4v) is 3.58. The third-order valence-corrected chi connectivity index (χ3v) is 5.19. The molecule has 3 aromatic rings. The Hall–Kier alpha value is -4.46. The van der Waals surface area contributed by atoms with E-state index in [0.29, 0.717) is 18.0 Å². The van der Waals surface area contributed by atoms with Crippen LogP contribution in [0.3, 0.4) is 0 Å². The molecule has 1 aliphatic heterocycles. The van der Waals surface area contributed by atoms with Crippen molar-refractivity contribution in [1.82, 2.24) is 4.90 Å². The summed E-state index contributed by atoms with van der Waals surface area (Å²) in [6, 6.07) is 20.2. The van der Waals surface area contributed by atoms with Crippen LogP contribution in [0.25, 0.3) is 0 Å². The van der Waals surface area contributed by atoms with E-state index < -0.39 is 30.3 Å². The lowest BCUT2D eigenvalue weighted by Crippen LogP contribution is -2.29. The molecular weight excluding hydrogens is 436 g/mol. The van der Waals surface area contributed by atoms with E-state index in [9.17, 15) is 19.2 Å². The van der Waals surface area contributed by atoms with Crippen LogP contribution < -0.4 is 10.1 Å². The van der Waals surface area contributed by atoms with Gasteiger partial charge in [-0.1, -0.05) is 42.5 Å². The molecule has 1 aliphatic rings. The number of hydrogen-bond donors (Lipinski definition) is 1. The highest BCUT2D eigenvalue weighted by Crippen LogP contribution is 2.26. The number of carbonyl (C=O) groups is 4. The molecule has 8 nitrogen and oxygen atoms in total. The van der Waals surface area contributed by atoms with Crippen molar-refractivity contribution in [2.45, 2.75) is 13.5 Å². The van der Waals surface area contributed by atoms with Gasteiger partial charge < -0.3 is 14.8 Å². The Morgan fingerprint density at radius 1 is 0.882 bits per heavy atom. The van der Waals surface area contributed by atoms with Crippen molar-refractivity contribution in [3.63, 3.8) is 0 Å². The van der Waals surface area contributed by atoms with E-state index in [4.69, 9.17) is 9.47 Å². The fraction of sp³-hybridized carbons (Fsp3) is 0.154. The summed E-state index contributed by atoms with van der Waals surface area (Å²) in [5.41, 5.74) is 1.70. The number of fused-ring (bicyclic) bond motifs is 1. The van der Waals surface area contributed by atoms with Crippen LogP contribution >= 0.6 is 0 Å². The van der Waals surface area contributed by atoms with E-state index in [0.717, 1.165) is 10.5 Å². The Labute approximate surface area is 196 Å². The van der Waals surface area contributed by atoms with Crippen molar-refractivity contribution in [2.75, 3.05) is 18.5 Å².